The first-order valence-electron chi connectivity index (χ1n) is 23.3. The van der Waals surface area contributed by atoms with Crippen molar-refractivity contribution >= 4 is 16.0 Å². The normalized spacial score (nSPS) is 12.1. The van der Waals surface area contributed by atoms with E-state index in [2.05, 4.69) is 37.9 Å². The lowest BCUT2D eigenvalue weighted by molar-refractivity contribution is -0.148. The maximum atomic E-state index is 12.7. The molecule has 0 heterocycles. The molecular weight excluding hydrogens is 697 g/mol. The number of nitrogens with one attached hydrogen (secondary N) is 1. The second-order valence-electron chi connectivity index (χ2n) is 16.1. The second-order valence-corrected chi connectivity index (χ2v) is 17.7. The van der Waals surface area contributed by atoms with E-state index in [1.807, 2.05) is 0 Å². The summed E-state index contributed by atoms with van der Waals surface area (Å²) in [6, 6.07) is 0. The van der Waals surface area contributed by atoms with Crippen molar-refractivity contribution in [1.29, 1.82) is 0 Å². The fourth-order valence-electron chi connectivity index (χ4n) is 7.10. The Bertz CT molecular complexity index is 859. The molecule has 0 unspecified atom stereocenters. The molecule has 0 radical (unpaired) electrons. The Balaban J connectivity index is 4.64. The highest BCUT2D eigenvalue weighted by molar-refractivity contribution is 7.85. The third-order valence-corrected chi connectivity index (χ3v) is 11.2. The van der Waals surface area contributed by atoms with Gasteiger partial charge in [0, 0.05) is 32.7 Å². The van der Waals surface area contributed by atoms with Crippen LogP contribution in [0.15, 0.2) is 0 Å². The second kappa shape index (κ2) is 40.5. The van der Waals surface area contributed by atoms with Gasteiger partial charge in [-0.05, 0) is 76.8 Å². The van der Waals surface area contributed by atoms with E-state index in [1.54, 1.807) is 0 Å². The summed E-state index contributed by atoms with van der Waals surface area (Å²) in [5, 5.41) is 3.26. The first-order valence-corrected chi connectivity index (χ1v) is 25.1. The molecule has 0 saturated carbocycles. The highest BCUT2D eigenvalue weighted by Gasteiger charge is 2.13. The van der Waals surface area contributed by atoms with Gasteiger partial charge in [0.2, 0.25) is 5.91 Å². The lowest BCUT2D eigenvalue weighted by Crippen LogP contribution is -2.31. The lowest BCUT2D eigenvalue weighted by Gasteiger charge is -2.22. The molecule has 0 aromatic carbocycles. The minimum absolute atomic E-state index is 0.116. The number of hydrogen-bond donors (Lipinski definition) is 1. The summed E-state index contributed by atoms with van der Waals surface area (Å²) in [7, 11) is -3.46. The van der Waals surface area contributed by atoms with Crippen molar-refractivity contribution < 1.29 is 26.9 Å². The van der Waals surface area contributed by atoms with E-state index in [0.29, 0.717) is 18.9 Å². The number of carbonyl (C=O) groups is 1. The van der Waals surface area contributed by atoms with Gasteiger partial charge in [0.25, 0.3) is 10.1 Å². The number of nitrogens with zero attached hydrogens (tertiary/aromatic N) is 1. The maximum Gasteiger partial charge on any atom is 0.264 e. The quantitative estimate of drug-likeness (QED) is 0.0373. The molecule has 0 aliphatic heterocycles. The van der Waals surface area contributed by atoms with Gasteiger partial charge in [0.05, 0.1) is 12.9 Å². The third-order valence-electron chi connectivity index (χ3n) is 10.6. The monoisotopic (exact) mass is 789 g/mol. The predicted octanol–water partition coefficient (Wildman–Crippen LogP) is 12.1. The van der Waals surface area contributed by atoms with Crippen LogP contribution in [0.5, 0.6) is 0 Å². The molecule has 0 rings (SSSR count). The van der Waals surface area contributed by atoms with Crippen molar-refractivity contribution in [1.82, 2.24) is 10.2 Å². The summed E-state index contributed by atoms with van der Waals surface area (Å²) in [4.78, 5) is 15.0. The zero-order chi connectivity index (χ0) is 39.8. The highest BCUT2D eigenvalue weighted by atomic mass is 32.2. The smallest absolute Gasteiger partial charge is 0.264 e. The summed E-state index contributed by atoms with van der Waals surface area (Å²) in [6.07, 6.45) is 36.4. The van der Waals surface area contributed by atoms with Crippen LogP contribution in [0.2, 0.25) is 0 Å². The first kappa shape index (κ1) is 53.3. The van der Waals surface area contributed by atoms with E-state index in [9.17, 15) is 13.2 Å². The highest BCUT2D eigenvalue weighted by Crippen LogP contribution is 2.18. The van der Waals surface area contributed by atoms with Gasteiger partial charge >= 0.3 is 0 Å². The van der Waals surface area contributed by atoms with Crippen LogP contribution >= 0.6 is 0 Å². The first-order chi connectivity index (χ1) is 26.3. The molecule has 1 amide bonds. The van der Waals surface area contributed by atoms with Crippen molar-refractivity contribution in [3.05, 3.63) is 0 Å². The molecule has 324 valence electrons. The van der Waals surface area contributed by atoms with Gasteiger partial charge in [-0.1, -0.05) is 156 Å². The minimum atomic E-state index is -3.46. The molecule has 0 fully saturated rings. The molecule has 0 spiro atoms. The van der Waals surface area contributed by atoms with E-state index < -0.39 is 10.1 Å². The van der Waals surface area contributed by atoms with Gasteiger partial charge in [0.1, 0.15) is 0 Å². The summed E-state index contributed by atoms with van der Waals surface area (Å²) in [5.74, 6) is 0.789. The number of amides is 1. The molecule has 0 saturated heterocycles. The summed E-state index contributed by atoms with van der Waals surface area (Å²) in [6.45, 7) is 14.0. The molecule has 0 bridgehead atoms. The molecule has 8 nitrogen and oxygen atoms in total. The van der Waals surface area contributed by atoms with Crippen LogP contribution in [-0.4, -0.2) is 77.8 Å². The van der Waals surface area contributed by atoms with Crippen molar-refractivity contribution in [3.8, 4) is 0 Å². The van der Waals surface area contributed by atoms with Gasteiger partial charge in [-0.25, -0.2) is 0 Å². The van der Waals surface area contributed by atoms with E-state index in [4.69, 9.17) is 13.7 Å². The van der Waals surface area contributed by atoms with Crippen LogP contribution in [0.25, 0.3) is 0 Å². The van der Waals surface area contributed by atoms with Gasteiger partial charge in [-0.3, -0.25) is 8.98 Å². The topological polar surface area (TPSA) is 94.2 Å². The minimum Gasteiger partial charge on any atom is -0.356 e. The molecule has 9 heteroatoms. The standard InChI is InChI=1S/C45H92N2O6S/c1-6-10-14-18-20-30-39-51-45(52-40-31-21-19-15-11-7-2)35-27-23-29-37-47(38-41-53-54(5,49)50)36-28-22-26-34-44(48)46-42-43(32-24-16-12-8-3)33-25-17-13-9-4/h43,45H,6-42H2,1-5H3,(H,46,48). The average Bonchev–Trinajstić information content (AvgIpc) is 3.14. The zero-order valence-corrected chi connectivity index (χ0v) is 37.4. The number of ether oxygens (including phenoxy) is 2. The number of rotatable bonds is 44. The third kappa shape index (κ3) is 39.5. The summed E-state index contributed by atoms with van der Waals surface area (Å²) >= 11 is 0. The average molecular weight is 789 g/mol. The maximum absolute atomic E-state index is 12.7. The van der Waals surface area contributed by atoms with Crippen molar-refractivity contribution in [2.75, 3.05) is 52.3 Å². The van der Waals surface area contributed by atoms with Gasteiger partial charge in [-0.2, -0.15) is 8.42 Å². The molecule has 0 aliphatic rings. The Hall–Kier alpha value is -0.740. The molecule has 0 aromatic rings. The summed E-state index contributed by atoms with van der Waals surface area (Å²) < 4.78 is 40.8. The Morgan fingerprint density at radius 1 is 0.519 bits per heavy atom. The van der Waals surface area contributed by atoms with Crippen LogP contribution in [0.3, 0.4) is 0 Å². The van der Waals surface area contributed by atoms with Crippen molar-refractivity contribution in [2.45, 2.75) is 227 Å². The number of carbonyl (C=O) groups excluding carboxylic acids is 1. The molecule has 1 N–H and O–H groups in total. The van der Waals surface area contributed by atoms with Crippen LogP contribution in [-0.2, 0) is 28.6 Å². The Morgan fingerprint density at radius 3 is 1.44 bits per heavy atom. The molecule has 0 aromatic heterocycles. The number of unbranched alkanes of at least 4 members (excludes halogenated alkanes) is 20. The van der Waals surface area contributed by atoms with Gasteiger partial charge in [0.15, 0.2) is 6.29 Å². The van der Waals surface area contributed by atoms with E-state index in [0.717, 1.165) is 96.9 Å². The van der Waals surface area contributed by atoms with Crippen molar-refractivity contribution in [2.24, 2.45) is 5.92 Å². The molecular formula is C45H92N2O6S. The van der Waals surface area contributed by atoms with Gasteiger partial charge in [-0.15, -0.1) is 0 Å². The Labute approximate surface area is 336 Å². The zero-order valence-electron chi connectivity index (χ0n) is 36.6. The van der Waals surface area contributed by atoms with Crippen molar-refractivity contribution in [3.63, 3.8) is 0 Å². The fourth-order valence-corrected chi connectivity index (χ4v) is 7.48. The SMILES string of the molecule is CCCCCCCCOC(CCCCCN(CCCCCC(=O)NCC(CCCCCC)CCCCCC)CCOS(C)(=O)=O)OCCCCCCCC. The van der Waals surface area contributed by atoms with Crippen LogP contribution in [0, 0.1) is 5.92 Å². The largest absolute Gasteiger partial charge is 0.356 e. The van der Waals surface area contributed by atoms with Gasteiger partial charge < -0.3 is 19.7 Å². The van der Waals surface area contributed by atoms with E-state index in [1.165, 1.54) is 128 Å². The van der Waals surface area contributed by atoms with Crippen LogP contribution in [0.1, 0.15) is 220 Å². The van der Waals surface area contributed by atoms with Crippen LogP contribution in [0.4, 0.5) is 0 Å². The predicted molar refractivity (Wildman–Crippen MR) is 231 cm³/mol. The molecule has 0 aliphatic carbocycles. The van der Waals surface area contributed by atoms with E-state index >= 15 is 0 Å². The molecule has 0 atom stereocenters. The fraction of sp³-hybridized carbons (Fsp3) is 0.978. The summed E-state index contributed by atoms with van der Waals surface area (Å²) in [5.41, 5.74) is 0. The van der Waals surface area contributed by atoms with E-state index in [-0.39, 0.29) is 18.8 Å². The molecule has 54 heavy (non-hydrogen) atoms. The lowest BCUT2D eigenvalue weighted by atomic mass is 9.94. The Kier molecular flexibility index (Phi) is 39.9. The number of hydrogen-bond acceptors (Lipinski definition) is 7. The Morgan fingerprint density at radius 2 is 0.944 bits per heavy atom. The van der Waals surface area contributed by atoms with Crippen LogP contribution < -0.4 is 5.32 Å².